The van der Waals surface area contributed by atoms with Crippen molar-refractivity contribution in [2.45, 2.75) is 52.1 Å². The first-order valence-corrected chi connectivity index (χ1v) is 12.4. The van der Waals surface area contributed by atoms with Gasteiger partial charge in [-0.1, -0.05) is 30.3 Å². The highest BCUT2D eigenvalue weighted by Crippen LogP contribution is 2.38. The van der Waals surface area contributed by atoms with Crippen LogP contribution in [0, 0.1) is 5.92 Å². The summed E-state index contributed by atoms with van der Waals surface area (Å²) in [6.07, 6.45) is 5.13. The van der Waals surface area contributed by atoms with Crippen LogP contribution in [0.25, 0.3) is 11.1 Å². The number of ether oxygens (including phenoxy) is 1. The molecule has 3 aromatic rings. The van der Waals surface area contributed by atoms with Gasteiger partial charge in [0, 0.05) is 38.0 Å². The van der Waals surface area contributed by atoms with Gasteiger partial charge >= 0.3 is 6.01 Å². The second-order valence-corrected chi connectivity index (χ2v) is 9.19. The van der Waals surface area contributed by atoms with Crippen molar-refractivity contribution in [3.8, 4) is 16.9 Å². The Labute approximate surface area is 200 Å². The van der Waals surface area contributed by atoms with Crippen LogP contribution in [-0.2, 0) is 12.8 Å². The van der Waals surface area contributed by atoms with E-state index in [4.69, 9.17) is 9.26 Å². The van der Waals surface area contributed by atoms with Crippen LogP contribution in [0.15, 0.2) is 47.0 Å². The van der Waals surface area contributed by atoms with E-state index in [1.54, 1.807) is 0 Å². The number of nitrogens with one attached hydrogen (secondary N) is 1. The van der Waals surface area contributed by atoms with Crippen molar-refractivity contribution in [1.82, 2.24) is 15.5 Å². The van der Waals surface area contributed by atoms with Gasteiger partial charge in [0.2, 0.25) is 0 Å². The van der Waals surface area contributed by atoms with E-state index in [9.17, 15) is 4.79 Å². The second kappa shape index (κ2) is 9.87. The molecule has 1 amide bonds. The molecule has 5 rings (SSSR count). The third-order valence-electron chi connectivity index (χ3n) is 6.84. The van der Waals surface area contributed by atoms with Crippen LogP contribution >= 0.6 is 0 Å². The molecule has 1 N–H and O–H groups in total. The Kier molecular flexibility index (Phi) is 6.52. The van der Waals surface area contributed by atoms with Crippen LogP contribution in [0.2, 0.25) is 0 Å². The van der Waals surface area contributed by atoms with Crippen molar-refractivity contribution >= 4 is 11.9 Å². The molecule has 7 heteroatoms. The van der Waals surface area contributed by atoms with Gasteiger partial charge in [-0.05, 0) is 73.1 Å². The highest BCUT2D eigenvalue weighted by atomic mass is 16.5. The topological polar surface area (TPSA) is 80.5 Å². The van der Waals surface area contributed by atoms with E-state index in [1.165, 1.54) is 5.56 Å². The zero-order chi connectivity index (χ0) is 23.5. The Bertz CT molecular complexity index is 1130. The molecule has 0 spiro atoms. The molecular weight excluding hydrogens is 428 g/mol. The van der Waals surface area contributed by atoms with Crippen LogP contribution in [0.3, 0.4) is 0 Å². The molecule has 0 bridgehead atoms. The molecule has 0 radical (unpaired) electrons. The number of amides is 1. The summed E-state index contributed by atoms with van der Waals surface area (Å²) in [6, 6.07) is 14.9. The number of hydrogen-bond donors (Lipinski definition) is 1. The fraction of sp³-hybridized carbons (Fsp3) is 0.444. The normalized spacial score (nSPS) is 17.9. The fourth-order valence-corrected chi connectivity index (χ4v) is 4.96. The predicted octanol–water partition coefficient (Wildman–Crippen LogP) is 4.66. The lowest BCUT2D eigenvalue weighted by atomic mass is 9.88. The number of aromatic nitrogens is 2. The number of fused-ring (bicyclic) bond motifs is 1. The lowest BCUT2D eigenvalue weighted by molar-refractivity contribution is 0.0956. The Hall–Kier alpha value is -3.35. The molecule has 1 fully saturated rings. The van der Waals surface area contributed by atoms with Gasteiger partial charge in [0.1, 0.15) is 11.9 Å². The number of carbonyl (C=O) groups is 1. The molecule has 0 saturated carbocycles. The average Bonchev–Trinajstić information content (AvgIpc) is 3.51. The Morgan fingerprint density at radius 3 is 2.59 bits per heavy atom. The number of hydrogen-bond acceptors (Lipinski definition) is 6. The third kappa shape index (κ3) is 4.65. The van der Waals surface area contributed by atoms with Crippen molar-refractivity contribution in [3.63, 3.8) is 0 Å². The molecule has 1 aromatic heterocycles. The Balaban J connectivity index is 1.20. The maximum absolute atomic E-state index is 12.0. The summed E-state index contributed by atoms with van der Waals surface area (Å²) in [5.41, 5.74) is 4.21. The van der Waals surface area contributed by atoms with Gasteiger partial charge < -0.3 is 19.5 Å². The van der Waals surface area contributed by atoms with E-state index in [2.05, 4.69) is 45.5 Å². The van der Waals surface area contributed by atoms with Crippen molar-refractivity contribution in [1.29, 1.82) is 0 Å². The van der Waals surface area contributed by atoms with Gasteiger partial charge in [-0.3, -0.25) is 4.79 Å². The van der Waals surface area contributed by atoms with E-state index in [1.807, 2.05) is 31.2 Å². The van der Waals surface area contributed by atoms with Gasteiger partial charge in [0.25, 0.3) is 5.91 Å². The minimum atomic E-state index is -0.0363. The second-order valence-electron chi connectivity index (χ2n) is 9.19. The number of anilines is 1. The van der Waals surface area contributed by atoms with Crippen LogP contribution in [-0.4, -0.2) is 41.8 Å². The summed E-state index contributed by atoms with van der Waals surface area (Å²) in [5, 5.41) is 6.93. The van der Waals surface area contributed by atoms with Crippen molar-refractivity contribution < 1.29 is 14.1 Å². The smallest absolute Gasteiger partial charge is 0.324 e. The minimum absolute atomic E-state index is 0.0363. The zero-order valence-electron chi connectivity index (χ0n) is 19.9. The van der Waals surface area contributed by atoms with E-state index < -0.39 is 0 Å². The number of carbonyl (C=O) groups excluding carboxylic acids is 1. The molecule has 0 aliphatic carbocycles. The third-order valence-corrected chi connectivity index (χ3v) is 6.84. The molecule has 3 heterocycles. The zero-order valence-corrected chi connectivity index (χ0v) is 19.9. The van der Waals surface area contributed by atoms with Crippen LogP contribution in [0.5, 0.6) is 5.75 Å². The molecule has 1 atom stereocenters. The molecular formula is C27H32N4O3. The first-order chi connectivity index (χ1) is 16.6. The summed E-state index contributed by atoms with van der Waals surface area (Å²) in [4.78, 5) is 18.8. The number of benzene rings is 2. The van der Waals surface area contributed by atoms with E-state index in [0.29, 0.717) is 24.0 Å². The van der Waals surface area contributed by atoms with E-state index >= 15 is 0 Å². The van der Waals surface area contributed by atoms with E-state index in [-0.39, 0.29) is 12.0 Å². The highest BCUT2D eigenvalue weighted by Gasteiger charge is 2.34. The number of piperidine rings is 1. The summed E-state index contributed by atoms with van der Waals surface area (Å²) in [7, 11) is 0. The summed E-state index contributed by atoms with van der Waals surface area (Å²) >= 11 is 0. The monoisotopic (exact) mass is 460 g/mol. The van der Waals surface area contributed by atoms with Gasteiger partial charge in [0.05, 0.1) is 0 Å². The lowest BCUT2D eigenvalue weighted by Gasteiger charge is -2.33. The number of rotatable bonds is 7. The molecule has 1 unspecified atom stereocenters. The molecule has 1 saturated heterocycles. The Morgan fingerprint density at radius 1 is 1.09 bits per heavy atom. The maximum Gasteiger partial charge on any atom is 0.324 e. The van der Waals surface area contributed by atoms with Crippen molar-refractivity contribution in [2.75, 3.05) is 24.5 Å². The van der Waals surface area contributed by atoms with Gasteiger partial charge in [0.15, 0.2) is 5.82 Å². The molecule has 178 valence electrons. The number of aryl methyl sites for hydroxylation is 1. The molecule has 34 heavy (non-hydrogen) atoms. The first-order valence-electron chi connectivity index (χ1n) is 12.4. The molecule has 2 aliphatic heterocycles. The van der Waals surface area contributed by atoms with Gasteiger partial charge in [-0.25, -0.2) is 0 Å². The first kappa shape index (κ1) is 22.4. The molecule has 2 aliphatic rings. The lowest BCUT2D eigenvalue weighted by Crippen LogP contribution is -2.39. The quantitative estimate of drug-likeness (QED) is 0.552. The fourth-order valence-electron chi connectivity index (χ4n) is 4.96. The average molecular weight is 461 g/mol. The van der Waals surface area contributed by atoms with Gasteiger partial charge in [-0.15, -0.1) is 0 Å². The maximum atomic E-state index is 12.0. The summed E-state index contributed by atoms with van der Waals surface area (Å²) < 4.78 is 11.8. The predicted molar refractivity (Wildman–Crippen MR) is 131 cm³/mol. The molecule has 7 nitrogen and oxygen atoms in total. The van der Waals surface area contributed by atoms with Crippen LogP contribution < -0.4 is 15.0 Å². The van der Waals surface area contributed by atoms with E-state index in [0.717, 1.165) is 67.9 Å². The van der Waals surface area contributed by atoms with Crippen molar-refractivity contribution in [3.05, 3.63) is 59.4 Å². The van der Waals surface area contributed by atoms with Crippen molar-refractivity contribution in [2.24, 2.45) is 5.92 Å². The summed E-state index contributed by atoms with van der Waals surface area (Å²) in [6.45, 7) is 6.50. The number of nitrogens with zero attached hydrogens (tertiary/aromatic N) is 3. The largest absolute Gasteiger partial charge is 0.490 e. The minimum Gasteiger partial charge on any atom is -0.490 e. The highest BCUT2D eigenvalue weighted by molar-refractivity contribution is 5.94. The SMILES string of the molecule is CCCc1noc(N2CCC(C3Cc4cc(-c5ccc(C(=O)NCC)cc5)ccc4O3)CC2)n1. The van der Waals surface area contributed by atoms with Crippen LogP contribution in [0.4, 0.5) is 6.01 Å². The summed E-state index contributed by atoms with van der Waals surface area (Å²) in [5.74, 6) is 2.27. The van der Waals surface area contributed by atoms with Gasteiger partial charge in [-0.2, -0.15) is 4.98 Å². The van der Waals surface area contributed by atoms with Crippen LogP contribution in [0.1, 0.15) is 54.9 Å². The molecule has 2 aromatic carbocycles. The Morgan fingerprint density at radius 2 is 1.85 bits per heavy atom. The standard InChI is InChI=1S/C27H32N4O3/c1-3-5-25-29-27(34-30-25)31-14-12-19(13-15-31)24-17-22-16-21(10-11-23(22)33-24)18-6-8-20(9-7-18)26(32)28-4-2/h6-11,16,19,24H,3-5,12-15,17H2,1-2H3,(H,28,32).